The van der Waals surface area contributed by atoms with Gasteiger partial charge in [-0.1, -0.05) is 18.2 Å². The van der Waals surface area contributed by atoms with Crippen LogP contribution in [0.15, 0.2) is 30.5 Å². The van der Waals surface area contributed by atoms with Crippen molar-refractivity contribution < 1.29 is 9.18 Å². The van der Waals surface area contributed by atoms with E-state index in [-0.39, 0.29) is 11.7 Å². The summed E-state index contributed by atoms with van der Waals surface area (Å²) in [6.07, 6.45) is 5.70. The number of aromatic nitrogens is 2. The molecule has 1 saturated heterocycles. The van der Waals surface area contributed by atoms with E-state index in [9.17, 15) is 9.18 Å². The molecule has 4 rings (SSSR count). The van der Waals surface area contributed by atoms with Crippen molar-refractivity contribution in [1.82, 2.24) is 20.2 Å². The molecule has 0 bridgehead atoms. The number of piperidine rings is 1. The summed E-state index contributed by atoms with van der Waals surface area (Å²) in [7, 11) is 0. The van der Waals surface area contributed by atoms with Crippen LogP contribution in [0.2, 0.25) is 0 Å². The topological polar surface area (TPSA) is 58.1 Å². The number of benzene rings is 1. The number of nitrogens with one attached hydrogen (secondary N) is 1. The molecule has 6 heteroatoms. The number of carbonyl (C=O) groups is 1. The summed E-state index contributed by atoms with van der Waals surface area (Å²) in [5, 5.41) is 3.41. The highest BCUT2D eigenvalue weighted by atomic mass is 19.1. The van der Waals surface area contributed by atoms with Gasteiger partial charge in [-0.05, 0) is 37.4 Å². The Hall–Kier alpha value is -2.34. The summed E-state index contributed by atoms with van der Waals surface area (Å²) in [6, 6.07) is 6.65. The summed E-state index contributed by atoms with van der Waals surface area (Å²) in [4.78, 5) is 23.8. The molecule has 0 spiro atoms. The van der Waals surface area contributed by atoms with Crippen molar-refractivity contribution >= 4 is 5.91 Å². The van der Waals surface area contributed by atoms with Gasteiger partial charge in [0.2, 0.25) is 5.91 Å². The molecular formula is C21H25FN4O. The smallest absolute Gasteiger partial charge is 0.223 e. The first-order chi connectivity index (χ1) is 13.2. The molecule has 27 heavy (non-hydrogen) atoms. The number of fused-ring (bicyclic) bond motifs is 1. The van der Waals surface area contributed by atoms with Gasteiger partial charge in [-0.15, -0.1) is 0 Å². The van der Waals surface area contributed by atoms with Crippen molar-refractivity contribution in [2.24, 2.45) is 0 Å². The number of amides is 1. The summed E-state index contributed by atoms with van der Waals surface area (Å²) < 4.78 is 13.7. The van der Waals surface area contributed by atoms with Crippen molar-refractivity contribution in [3.05, 3.63) is 58.9 Å². The monoisotopic (exact) mass is 368 g/mol. The van der Waals surface area contributed by atoms with E-state index in [0.717, 1.165) is 49.4 Å². The Morgan fingerprint density at radius 1 is 1.33 bits per heavy atom. The lowest BCUT2D eigenvalue weighted by Gasteiger charge is -2.29. The third-order valence-corrected chi connectivity index (χ3v) is 5.53. The third kappa shape index (κ3) is 4.16. The minimum Gasteiger partial charge on any atom is -0.338 e. The number of nitrogens with zero attached hydrogens (tertiary/aromatic N) is 3. The number of rotatable bonds is 4. The quantitative estimate of drug-likeness (QED) is 0.901. The average Bonchev–Trinajstić information content (AvgIpc) is 2.73. The van der Waals surface area contributed by atoms with E-state index in [2.05, 4.69) is 10.3 Å². The predicted octanol–water partition coefficient (Wildman–Crippen LogP) is 2.60. The van der Waals surface area contributed by atoms with Gasteiger partial charge in [0.25, 0.3) is 0 Å². The fraction of sp³-hybridized carbons (Fsp3) is 0.476. The summed E-state index contributed by atoms with van der Waals surface area (Å²) in [5.74, 6) is 1.14. The van der Waals surface area contributed by atoms with Crippen molar-refractivity contribution in [2.45, 2.75) is 44.6 Å². The summed E-state index contributed by atoms with van der Waals surface area (Å²) >= 11 is 0. The third-order valence-electron chi connectivity index (χ3n) is 5.53. The van der Waals surface area contributed by atoms with Gasteiger partial charge in [-0.25, -0.2) is 14.4 Å². The lowest BCUT2D eigenvalue weighted by molar-refractivity contribution is -0.132. The molecule has 3 heterocycles. The molecule has 0 radical (unpaired) electrons. The maximum Gasteiger partial charge on any atom is 0.223 e. The Morgan fingerprint density at radius 3 is 3.04 bits per heavy atom. The van der Waals surface area contributed by atoms with Gasteiger partial charge in [0, 0.05) is 50.2 Å². The molecule has 0 saturated carbocycles. The molecule has 1 aromatic carbocycles. The van der Waals surface area contributed by atoms with E-state index in [1.54, 1.807) is 18.2 Å². The van der Waals surface area contributed by atoms with Crippen molar-refractivity contribution in [3.63, 3.8) is 0 Å². The van der Waals surface area contributed by atoms with Gasteiger partial charge in [-0.2, -0.15) is 0 Å². The predicted molar refractivity (Wildman–Crippen MR) is 101 cm³/mol. The van der Waals surface area contributed by atoms with E-state index in [1.165, 1.54) is 6.07 Å². The molecule has 1 atom stereocenters. The van der Waals surface area contributed by atoms with Crippen LogP contribution >= 0.6 is 0 Å². The SMILES string of the molecule is O=C(CCc1ccccc1F)N1CCc2nc([C@@H]3CCCNC3)ncc2C1. The van der Waals surface area contributed by atoms with Crippen molar-refractivity contribution in [3.8, 4) is 0 Å². The first kappa shape index (κ1) is 18.0. The molecule has 2 aliphatic heterocycles. The summed E-state index contributed by atoms with van der Waals surface area (Å²) in [6.45, 7) is 3.24. The van der Waals surface area contributed by atoms with Gasteiger partial charge < -0.3 is 10.2 Å². The normalized spacial score (nSPS) is 19.6. The molecule has 0 aliphatic carbocycles. The molecule has 0 unspecified atom stereocenters. The van der Waals surface area contributed by atoms with Gasteiger partial charge in [0.05, 0.1) is 5.69 Å². The molecule has 2 aliphatic rings. The zero-order valence-electron chi connectivity index (χ0n) is 15.5. The van der Waals surface area contributed by atoms with E-state index in [1.807, 2.05) is 11.1 Å². The highest BCUT2D eigenvalue weighted by molar-refractivity contribution is 5.76. The number of aryl methyl sites for hydroxylation is 1. The molecular weight excluding hydrogens is 343 g/mol. The molecule has 1 aromatic heterocycles. The first-order valence-corrected chi connectivity index (χ1v) is 9.77. The second-order valence-corrected chi connectivity index (χ2v) is 7.40. The van der Waals surface area contributed by atoms with Crippen LogP contribution in [0.3, 0.4) is 0 Å². The molecule has 142 valence electrons. The average molecular weight is 368 g/mol. The van der Waals surface area contributed by atoms with E-state index in [0.29, 0.717) is 37.4 Å². The van der Waals surface area contributed by atoms with Crippen LogP contribution in [0.4, 0.5) is 4.39 Å². The molecule has 2 aromatic rings. The standard InChI is InChI=1S/C21H25FN4O/c22-18-6-2-1-4-15(18)7-8-20(27)26-11-9-19-17(14-26)13-24-21(25-19)16-5-3-10-23-12-16/h1-2,4,6,13,16,23H,3,5,7-12,14H2/t16-/m1/s1. The number of halogens is 1. The largest absolute Gasteiger partial charge is 0.338 e. The lowest BCUT2D eigenvalue weighted by Crippen LogP contribution is -2.37. The van der Waals surface area contributed by atoms with Crippen LogP contribution < -0.4 is 5.32 Å². The number of hydrogen-bond acceptors (Lipinski definition) is 4. The number of hydrogen-bond donors (Lipinski definition) is 1. The van der Waals surface area contributed by atoms with E-state index >= 15 is 0 Å². The van der Waals surface area contributed by atoms with Crippen LogP contribution in [0.5, 0.6) is 0 Å². The highest BCUT2D eigenvalue weighted by Crippen LogP contribution is 2.23. The lowest BCUT2D eigenvalue weighted by atomic mass is 9.98. The zero-order valence-corrected chi connectivity index (χ0v) is 15.5. The minimum absolute atomic E-state index is 0.0597. The molecule has 1 N–H and O–H groups in total. The van der Waals surface area contributed by atoms with Crippen LogP contribution in [-0.2, 0) is 24.2 Å². The van der Waals surface area contributed by atoms with Gasteiger partial charge in [0.1, 0.15) is 11.6 Å². The Morgan fingerprint density at radius 2 is 2.22 bits per heavy atom. The Labute approximate surface area is 159 Å². The Bertz CT molecular complexity index is 820. The van der Waals surface area contributed by atoms with Crippen molar-refractivity contribution in [1.29, 1.82) is 0 Å². The fourth-order valence-corrected chi connectivity index (χ4v) is 3.91. The van der Waals surface area contributed by atoms with E-state index in [4.69, 9.17) is 4.98 Å². The highest BCUT2D eigenvalue weighted by Gasteiger charge is 2.24. The number of carbonyl (C=O) groups excluding carboxylic acids is 1. The van der Waals surface area contributed by atoms with Gasteiger partial charge >= 0.3 is 0 Å². The van der Waals surface area contributed by atoms with E-state index < -0.39 is 0 Å². The Kier molecular flexibility index (Phi) is 5.43. The first-order valence-electron chi connectivity index (χ1n) is 9.77. The fourth-order valence-electron chi connectivity index (χ4n) is 3.91. The maximum absolute atomic E-state index is 13.7. The second kappa shape index (κ2) is 8.13. The van der Waals surface area contributed by atoms with Crippen LogP contribution in [0.25, 0.3) is 0 Å². The van der Waals surface area contributed by atoms with Crippen LogP contribution in [0, 0.1) is 5.82 Å². The molecule has 1 amide bonds. The molecule has 5 nitrogen and oxygen atoms in total. The second-order valence-electron chi connectivity index (χ2n) is 7.40. The van der Waals surface area contributed by atoms with Crippen LogP contribution in [0.1, 0.15) is 47.8 Å². The van der Waals surface area contributed by atoms with Crippen LogP contribution in [-0.4, -0.2) is 40.4 Å². The maximum atomic E-state index is 13.7. The Balaban J connectivity index is 1.37. The minimum atomic E-state index is -0.243. The van der Waals surface area contributed by atoms with Gasteiger partial charge in [-0.3, -0.25) is 4.79 Å². The summed E-state index contributed by atoms with van der Waals surface area (Å²) in [5.41, 5.74) is 2.70. The van der Waals surface area contributed by atoms with Crippen molar-refractivity contribution in [2.75, 3.05) is 19.6 Å². The molecule has 1 fully saturated rings. The zero-order chi connectivity index (χ0) is 18.6. The van der Waals surface area contributed by atoms with Gasteiger partial charge in [0.15, 0.2) is 0 Å².